The monoisotopic (exact) mass is 276 g/mol. The van der Waals surface area contributed by atoms with Crippen molar-refractivity contribution in [1.29, 1.82) is 0 Å². The Morgan fingerprint density at radius 2 is 1.75 bits per heavy atom. The van der Waals surface area contributed by atoms with Crippen molar-refractivity contribution in [3.05, 3.63) is 30.1 Å². The van der Waals surface area contributed by atoms with E-state index in [1.54, 1.807) is 12.1 Å². The normalized spacial score (nSPS) is 10.3. The van der Waals surface area contributed by atoms with Crippen molar-refractivity contribution < 1.29 is 4.39 Å². The van der Waals surface area contributed by atoms with E-state index in [-0.39, 0.29) is 11.8 Å². The maximum absolute atomic E-state index is 12.9. The van der Waals surface area contributed by atoms with Gasteiger partial charge in [-0.05, 0) is 38.1 Å². The highest BCUT2D eigenvalue weighted by Crippen LogP contribution is 2.16. The minimum absolute atomic E-state index is 0.145. The molecule has 3 N–H and O–H groups in total. The molecule has 1 heterocycles. The number of aromatic nitrogens is 3. The molecule has 0 saturated heterocycles. The first kappa shape index (κ1) is 14.0. The number of nitrogens with two attached hydrogens (primary N) is 1. The van der Waals surface area contributed by atoms with Crippen molar-refractivity contribution >= 4 is 23.5 Å². The minimum atomic E-state index is -0.297. The van der Waals surface area contributed by atoms with Gasteiger partial charge in [0.15, 0.2) is 0 Å². The maximum atomic E-state index is 12.9. The number of benzene rings is 1. The lowest BCUT2D eigenvalue weighted by Gasteiger charge is -2.19. The van der Waals surface area contributed by atoms with Crippen LogP contribution in [0.25, 0.3) is 0 Å². The smallest absolute Gasteiger partial charge is 0.233 e. The lowest BCUT2D eigenvalue weighted by molar-refractivity contribution is 0.628. The highest BCUT2D eigenvalue weighted by atomic mass is 19.1. The van der Waals surface area contributed by atoms with Crippen LogP contribution in [0, 0.1) is 5.82 Å². The van der Waals surface area contributed by atoms with E-state index in [0.29, 0.717) is 17.6 Å². The summed E-state index contributed by atoms with van der Waals surface area (Å²) in [7, 11) is 0. The predicted octanol–water partition coefficient (Wildman–Crippen LogP) is 2.18. The molecule has 0 fully saturated rings. The van der Waals surface area contributed by atoms with Crippen LogP contribution in [-0.2, 0) is 0 Å². The van der Waals surface area contributed by atoms with Crippen LogP contribution in [0.2, 0.25) is 0 Å². The molecule has 1 aromatic heterocycles. The van der Waals surface area contributed by atoms with Crippen molar-refractivity contribution in [3.63, 3.8) is 0 Å². The summed E-state index contributed by atoms with van der Waals surface area (Å²) in [6, 6.07) is 5.93. The lowest BCUT2D eigenvalue weighted by Crippen LogP contribution is -2.25. The second kappa shape index (κ2) is 6.14. The average molecular weight is 276 g/mol. The number of nitrogens with one attached hydrogen (secondary N) is 1. The minimum Gasteiger partial charge on any atom is -0.368 e. The summed E-state index contributed by atoms with van der Waals surface area (Å²) < 4.78 is 12.9. The summed E-state index contributed by atoms with van der Waals surface area (Å²) >= 11 is 0. The zero-order valence-corrected chi connectivity index (χ0v) is 11.5. The number of halogens is 1. The first-order valence-corrected chi connectivity index (χ1v) is 6.41. The predicted molar refractivity (Wildman–Crippen MR) is 77.5 cm³/mol. The van der Waals surface area contributed by atoms with Crippen LogP contribution in [0.15, 0.2) is 24.3 Å². The molecule has 0 aliphatic heterocycles. The van der Waals surface area contributed by atoms with Gasteiger partial charge in [0, 0.05) is 18.8 Å². The Hall–Kier alpha value is -2.44. The lowest BCUT2D eigenvalue weighted by atomic mass is 10.3. The van der Waals surface area contributed by atoms with Crippen LogP contribution >= 0.6 is 0 Å². The van der Waals surface area contributed by atoms with Gasteiger partial charge in [-0.15, -0.1) is 0 Å². The first-order chi connectivity index (χ1) is 9.62. The molecule has 0 spiro atoms. The molecule has 0 bridgehead atoms. The van der Waals surface area contributed by atoms with E-state index < -0.39 is 0 Å². The molecule has 0 unspecified atom stereocenters. The van der Waals surface area contributed by atoms with Gasteiger partial charge >= 0.3 is 0 Å². The summed E-state index contributed by atoms with van der Waals surface area (Å²) in [5.41, 5.74) is 6.38. The molecule has 2 aromatic rings. The third-order valence-corrected chi connectivity index (χ3v) is 2.79. The molecular formula is C13H17FN6. The van der Waals surface area contributed by atoms with Crippen molar-refractivity contribution in [3.8, 4) is 0 Å². The van der Waals surface area contributed by atoms with Crippen LogP contribution in [0.3, 0.4) is 0 Å². The molecule has 0 atom stereocenters. The summed E-state index contributed by atoms with van der Waals surface area (Å²) in [5.74, 6) is 0.708. The topological polar surface area (TPSA) is 80.0 Å². The first-order valence-electron chi connectivity index (χ1n) is 6.41. The van der Waals surface area contributed by atoms with Crippen LogP contribution < -0.4 is 16.0 Å². The highest BCUT2D eigenvalue weighted by molar-refractivity contribution is 5.55. The molecule has 0 aliphatic rings. The number of anilines is 4. The van der Waals surface area contributed by atoms with E-state index in [9.17, 15) is 4.39 Å². The summed E-state index contributed by atoms with van der Waals surface area (Å²) in [5, 5.41) is 2.98. The summed E-state index contributed by atoms with van der Waals surface area (Å²) in [4.78, 5) is 14.4. The van der Waals surface area contributed by atoms with E-state index in [2.05, 4.69) is 20.3 Å². The van der Waals surface area contributed by atoms with Gasteiger partial charge < -0.3 is 16.0 Å². The largest absolute Gasteiger partial charge is 0.368 e. The standard InChI is InChI=1S/C13H17FN6/c1-3-20(4-2)13-18-11(15)17-12(19-13)16-10-7-5-9(14)6-8-10/h5-8H,3-4H2,1-2H3,(H3,15,16,17,18,19). The number of rotatable bonds is 5. The van der Waals surface area contributed by atoms with Crippen LogP contribution in [0.1, 0.15) is 13.8 Å². The fourth-order valence-corrected chi connectivity index (χ4v) is 1.75. The van der Waals surface area contributed by atoms with Crippen LogP contribution in [0.5, 0.6) is 0 Å². The van der Waals surface area contributed by atoms with Crippen molar-refractivity contribution in [2.45, 2.75) is 13.8 Å². The molecule has 6 nitrogen and oxygen atoms in total. The van der Waals surface area contributed by atoms with Gasteiger partial charge in [-0.3, -0.25) is 0 Å². The second-order valence-electron chi connectivity index (χ2n) is 4.12. The fourth-order valence-electron chi connectivity index (χ4n) is 1.75. The Morgan fingerprint density at radius 3 is 2.35 bits per heavy atom. The van der Waals surface area contributed by atoms with Gasteiger partial charge in [0.1, 0.15) is 5.82 Å². The molecule has 2 rings (SSSR count). The zero-order valence-electron chi connectivity index (χ0n) is 11.5. The van der Waals surface area contributed by atoms with Gasteiger partial charge in [-0.1, -0.05) is 0 Å². The molecular weight excluding hydrogens is 259 g/mol. The maximum Gasteiger partial charge on any atom is 0.233 e. The molecule has 1 aromatic carbocycles. The van der Waals surface area contributed by atoms with Crippen molar-refractivity contribution in [2.75, 3.05) is 29.0 Å². The number of hydrogen-bond acceptors (Lipinski definition) is 6. The summed E-state index contributed by atoms with van der Waals surface area (Å²) in [6.07, 6.45) is 0. The Kier molecular flexibility index (Phi) is 4.29. The van der Waals surface area contributed by atoms with Crippen LogP contribution in [0.4, 0.5) is 27.9 Å². The highest BCUT2D eigenvalue weighted by Gasteiger charge is 2.09. The molecule has 106 valence electrons. The third kappa shape index (κ3) is 3.31. The third-order valence-electron chi connectivity index (χ3n) is 2.79. The van der Waals surface area contributed by atoms with Crippen molar-refractivity contribution in [2.24, 2.45) is 0 Å². The van der Waals surface area contributed by atoms with Crippen molar-refractivity contribution in [1.82, 2.24) is 15.0 Å². The number of nitrogen functional groups attached to an aromatic ring is 1. The molecule has 0 amide bonds. The van der Waals surface area contributed by atoms with Gasteiger partial charge in [0.25, 0.3) is 0 Å². The zero-order chi connectivity index (χ0) is 14.5. The van der Waals surface area contributed by atoms with Gasteiger partial charge in [-0.25, -0.2) is 4.39 Å². The van der Waals surface area contributed by atoms with E-state index in [1.807, 2.05) is 18.7 Å². The SMILES string of the molecule is CCN(CC)c1nc(N)nc(Nc2ccc(F)cc2)n1. The Balaban J connectivity index is 2.25. The van der Waals surface area contributed by atoms with E-state index in [1.165, 1.54) is 12.1 Å². The molecule has 0 saturated carbocycles. The number of nitrogens with zero attached hydrogens (tertiary/aromatic N) is 4. The van der Waals surface area contributed by atoms with Crippen LogP contribution in [-0.4, -0.2) is 28.0 Å². The molecule has 20 heavy (non-hydrogen) atoms. The fraction of sp³-hybridized carbons (Fsp3) is 0.308. The summed E-state index contributed by atoms with van der Waals surface area (Å²) in [6.45, 7) is 5.57. The second-order valence-corrected chi connectivity index (χ2v) is 4.12. The van der Waals surface area contributed by atoms with Gasteiger partial charge in [0.05, 0.1) is 0 Å². The molecule has 0 radical (unpaired) electrons. The Morgan fingerprint density at radius 1 is 1.10 bits per heavy atom. The molecule has 7 heteroatoms. The Bertz CT molecular complexity index is 568. The van der Waals surface area contributed by atoms with E-state index >= 15 is 0 Å². The molecule has 0 aliphatic carbocycles. The number of hydrogen-bond donors (Lipinski definition) is 2. The van der Waals surface area contributed by atoms with Gasteiger partial charge in [-0.2, -0.15) is 15.0 Å². The quantitative estimate of drug-likeness (QED) is 0.871. The average Bonchev–Trinajstić information content (AvgIpc) is 2.42. The van der Waals surface area contributed by atoms with E-state index in [4.69, 9.17) is 5.73 Å². The Labute approximate surface area is 116 Å². The van der Waals surface area contributed by atoms with E-state index in [0.717, 1.165) is 13.1 Å². The van der Waals surface area contributed by atoms with Gasteiger partial charge in [0.2, 0.25) is 17.8 Å².